The Bertz CT molecular complexity index is 855. The highest BCUT2D eigenvalue weighted by Crippen LogP contribution is 2.15. The van der Waals surface area contributed by atoms with Crippen LogP contribution in [0.1, 0.15) is 66.4 Å². The second kappa shape index (κ2) is 13.8. The third-order valence-corrected chi connectivity index (χ3v) is 5.54. The number of benzene rings is 1. The van der Waals surface area contributed by atoms with Crippen LogP contribution >= 0.6 is 0 Å². The summed E-state index contributed by atoms with van der Waals surface area (Å²) in [6.07, 6.45) is 0.766. The maximum atomic E-state index is 13.2. The Labute approximate surface area is 208 Å². The molecule has 0 spiro atoms. The molecule has 0 fully saturated rings. The van der Waals surface area contributed by atoms with Crippen LogP contribution in [-0.4, -0.2) is 52.5 Å². The predicted molar refractivity (Wildman–Crippen MR) is 135 cm³/mol. The average Bonchev–Trinajstić information content (AvgIpc) is 2.74. The van der Waals surface area contributed by atoms with Crippen molar-refractivity contribution >= 4 is 23.7 Å². The van der Waals surface area contributed by atoms with Crippen LogP contribution in [0.15, 0.2) is 30.3 Å². The van der Waals surface area contributed by atoms with Crippen molar-refractivity contribution < 1.29 is 24.3 Å². The van der Waals surface area contributed by atoms with Crippen LogP contribution in [0, 0.1) is 11.8 Å². The van der Waals surface area contributed by atoms with E-state index in [4.69, 9.17) is 10.8 Å². The van der Waals surface area contributed by atoms with Gasteiger partial charge in [-0.3, -0.25) is 19.2 Å². The lowest BCUT2D eigenvalue weighted by atomic mass is 9.93. The number of nitrogens with one attached hydrogen (secondary N) is 3. The van der Waals surface area contributed by atoms with E-state index in [0.29, 0.717) is 12.8 Å². The number of nitrogens with two attached hydrogens (primary N) is 1. The number of aliphatic carboxylic acids is 1. The lowest BCUT2D eigenvalue weighted by molar-refractivity contribution is -0.137. The Morgan fingerprint density at radius 1 is 0.943 bits per heavy atom. The van der Waals surface area contributed by atoms with E-state index >= 15 is 0 Å². The Morgan fingerprint density at radius 3 is 2.06 bits per heavy atom. The zero-order valence-corrected chi connectivity index (χ0v) is 21.8. The van der Waals surface area contributed by atoms with Gasteiger partial charge in [0.2, 0.25) is 17.7 Å². The van der Waals surface area contributed by atoms with E-state index in [9.17, 15) is 19.2 Å². The number of carboxylic acids is 1. The zero-order chi connectivity index (χ0) is 26.8. The molecule has 0 unspecified atom stereocenters. The summed E-state index contributed by atoms with van der Waals surface area (Å²) >= 11 is 0. The Kier molecular flexibility index (Phi) is 11.9. The first kappa shape index (κ1) is 30.1. The predicted octanol–water partition coefficient (Wildman–Crippen LogP) is 1.99. The first-order valence-electron chi connectivity index (χ1n) is 12.2. The molecule has 1 aromatic rings. The number of rotatable bonds is 14. The number of carboxylic acid groups (broad SMARTS) is 1. The molecule has 0 saturated carbocycles. The van der Waals surface area contributed by atoms with Crippen molar-refractivity contribution in [1.82, 2.24) is 16.0 Å². The maximum Gasteiger partial charge on any atom is 0.303 e. The highest BCUT2D eigenvalue weighted by Gasteiger charge is 2.32. The molecule has 3 atom stereocenters. The molecule has 0 aliphatic heterocycles. The summed E-state index contributed by atoms with van der Waals surface area (Å²) in [4.78, 5) is 49.5. The molecule has 0 saturated heterocycles. The average molecular weight is 491 g/mol. The van der Waals surface area contributed by atoms with Gasteiger partial charge in [0.15, 0.2) is 0 Å². The first-order chi connectivity index (χ1) is 16.2. The zero-order valence-electron chi connectivity index (χ0n) is 21.8. The standard InChI is InChI=1S/C26H42N4O5/c1-16(2)14-20(24(34)30-26(5,6)15-18-10-8-7-9-11-18)28-25(35)22(17(3)4)29-23(33)19(27)12-13-21(31)32/h7-11,16-17,19-20,22H,12-15,27H2,1-6H3,(H,28,35)(H,29,33)(H,30,34)(H,31,32)/t19-,20-,22-/m0/s1. The van der Waals surface area contributed by atoms with Gasteiger partial charge >= 0.3 is 5.97 Å². The summed E-state index contributed by atoms with van der Waals surface area (Å²) in [5.74, 6) is -2.57. The molecule has 6 N–H and O–H groups in total. The number of carbonyl (C=O) groups excluding carboxylic acids is 3. The molecular weight excluding hydrogens is 448 g/mol. The fourth-order valence-corrected chi connectivity index (χ4v) is 3.74. The van der Waals surface area contributed by atoms with Crippen LogP contribution in [-0.2, 0) is 25.6 Å². The second-order valence-electron chi connectivity index (χ2n) is 10.5. The van der Waals surface area contributed by atoms with E-state index in [1.54, 1.807) is 13.8 Å². The van der Waals surface area contributed by atoms with Gasteiger partial charge in [-0.05, 0) is 50.5 Å². The molecule has 3 amide bonds. The molecule has 0 aliphatic rings. The van der Waals surface area contributed by atoms with E-state index in [1.807, 2.05) is 58.0 Å². The molecule has 9 nitrogen and oxygen atoms in total. The molecule has 0 radical (unpaired) electrons. The van der Waals surface area contributed by atoms with Crippen LogP contribution in [0.4, 0.5) is 0 Å². The van der Waals surface area contributed by atoms with E-state index < -0.39 is 41.4 Å². The monoisotopic (exact) mass is 490 g/mol. The highest BCUT2D eigenvalue weighted by atomic mass is 16.4. The second-order valence-corrected chi connectivity index (χ2v) is 10.5. The molecule has 1 aromatic carbocycles. The maximum absolute atomic E-state index is 13.2. The van der Waals surface area contributed by atoms with Crippen LogP contribution in [0.25, 0.3) is 0 Å². The summed E-state index contributed by atoms with van der Waals surface area (Å²) in [6.45, 7) is 11.3. The van der Waals surface area contributed by atoms with E-state index in [2.05, 4.69) is 16.0 Å². The Morgan fingerprint density at radius 2 is 1.54 bits per heavy atom. The molecule has 35 heavy (non-hydrogen) atoms. The van der Waals surface area contributed by atoms with Gasteiger partial charge in [-0.15, -0.1) is 0 Å². The van der Waals surface area contributed by atoms with Gasteiger partial charge in [-0.2, -0.15) is 0 Å². The van der Waals surface area contributed by atoms with Gasteiger partial charge in [0.25, 0.3) is 0 Å². The van der Waals surface area contributed by atoms with Crippen molar-refractivity contribution in [3.8, 4) is 0 Å². The topological polar surface area (TPSA) is 151 Å². The lowest BCUT2D eigenvalue weighted by Gasteiger charge is -2.31. The SMILES string of the molecule is CC(C)C[C@H](NC(=O)[C@@H](NC(=O)[C@@H](N)CCC(=O)O)C(C)C)C(=O)NC(C)(C)Cc1ccccc1. The van der Waals surface area contributed by atoms with Crippen LogP contribution in [0.2, 0.25) is 0 Å². The fourth-order valence-electron chi connectivity index (χ4n) is 3.74. The number of carbonyl (C=O) groups is 4. The molecule has 1 rings (SSSR count). The normalized spacial score (nSPS) is 14.2. The molecule has 0 heterocycles. The number of amides is 3. The van der Waals surface area contributed by atoms with Crippen LogP contribution in [0.5, 0.6) is 0 Å². The highest BCUT2D eigenvalue weighted by molar-refractivity contribution is 5.93. The van der Waals surface area contributed by atoms with E-state index in [-0.39, 0.29) is 30.6 Å². The number of hydrogen-bond acceptors (Lipinski definition) is 5. The van der Waals surface area contributed by atoms with Crippen molar-refractivity contribution in [1.29, 1.82) is 0 Å². The molecule has 0 aromatic heterocycles. The van der Waals surface area contributed by atoms with Gasteiger partial charge in [-0.25, -0.2) is 0 Å². The minimum Gasteiger partial charge on any atom is -0.481 e. The summed E-state index contributed by atoms with van der Waals surface area (Å²) < 4.78 is 0. The van der Waals surface area contributed by atoms with Gasteiger partial charge in [0.1, 0.15) is 12.1 Å². The third-order valence-electron chi connectivity index (χ3n) is 5.54. The quantitative estimate of drug-likeness (QED) is 0.269. The lowest BCUT2D eigenvalue weighted by Crippen LogP contribution is -2.59. The van der Waals surface area contributed by atoms with Gasteiger partial charge in [0.05, 0.1) is 6.04 Å². The minimum atomic E-state index is -1.05. The summed E-state index contributed by atoms with van der Waals surface area (Å²) in [5.41, 5.74) is 6.34. The Balaban J connectivity index is 2.90. The van der Waals surface area contributed by atoms with Gasteiger partial charge in [-0.1, -0.05) is 58.0 Å². The molecular formula is C26H42N4O5. The molecule has 0 bridgehead atoms. The summed E-state index contributed by atoms with van der Waals surface area (Å²) in [6, 6.07) is 7.08. The van der Waals surface area contributed by atoms with E-state index in [1.165, 1.54) is 0 Å². The van der Waals surface area contributed by atoms with Crippen molar-refractivity contribution in [2.45, 2.75) is 90.9 Å². The molecule has 196 valence electrons. The fraction of sp³-hybridized carbons (Fsp3) is 0.615. The molecule has 9 heteroatoms. The smallest absolute Gasteiger partial charge is 0.303 e. The van der Waals surface area contributed by atoms with E-state index in [0.717, 1.165) is 5.56 Å². The van der Waals surface area contributed by atoms with Gasteiger partial charge in [0, 0.05) is 12.0 Å². The molecule has 0 aliphatic carbocycles. The van der Waals surface area contributed by atoms with Crippen molar-refractivity contribution in [3.05, 3.63) is 35.9 Å². The van der Waals surface area contributed by atoms with Crippen molar-refractivity contribution in [3.63, 3.8) is 0 Å². The van der Waals surface area contributed by atoms with Crippen molar-refractivity contribution in [2.24, 2.45) is 17.6 Å². The summed E-state index contributed by atoms with van der Waals surface area (Å²) in [5, 5.41) is 17.3. The van der Waals surface area contributed by atoms with Gasteiger partial charge < -0.3 is 26.8 Å². The first-order valence-corrected chi connectivity index (χ1v) is 12.2. The van der Waals surface area contributed by atoms with Crippen molar-refractivity contribution in [2.75, 3.05) is 0 Å². The van der Waals surface area contributed by atoms with Crippen LogP contribution in [0.3, 0.4) is 0 Å². The largest absolute Gasteiger partial charge is 0.481 e. The van der Waals surface area contributed by atoms with Crippen LogP contribution < -0.4 is 21.7 Å². The minimum absolute atomic E-state index is 0.0392. The number of hydrogen-bond donors (Lipinski definition) is 5. The summed E-state index contributed by atoms with van der Waals surface area (Å²) in [7, 11) is 0. The third kappa shape index (κ3) is 11.4. The Hall–Kier alpha value is -2.94.